The van der Waals surface area contributed by atoms with Gasteiger partial charge < -0.3 is 5.73 Å². The summed E-state index contributed by atoms with van der Waals surface area (Å²) in [5, 5.41) is 0. The summed E-state index contributed by atoms with van der Waals surface area (Å²) in [7, 11) is 0. The number of halogens is 2. The third-order valence-corrected chi connectivity index (χ3v) is 1.98. The molecule has 0 amide bonds. The van der Waals surface area contributed by atoms with Crippen molar-refractivity contribution in [3.05, 3.63) is 42.5 Å². The molecular weight excluding hydrogens is 200 g/mol. The van der Waals surface area contributed by atoms with Gasteiger partial charge in [-0.05, 0) is 12.1 Å². The molecule has 1 aromatic carbocycles. The summed E-state index contributed by atoms with van der Waals surface area (Å²) in [6, 6.07) is 2.70. The van der Waals surface area contributed by atoms with Gasteiger partial charge in [0, 0.05) is 23.5 Å². The molecule has 0 bridgehead atoms. The van der Waals surface area contributed by atoms with Crippen LogP contribution in [0.5, 0.6) is 0 Å². The quantitative estimate of drug-likeness (QED) is 0.727. The molecule has 0 aliphatic heterocycles. The smallest absolute Gasteiger partial charge is 0.182 e. The van der Waals surface area contributed by atoms with Gasteiger partial charge in [0.2, 0.25) is 0 Å². The summed E-state index contributed by atoms with van der Waals surface area (Å²) >= 11 is 0. The first-order chi connectivity index (χ1) is 7.20. The lowest BCUT2D eigenvalue weighted by Crippen LogP contribution is -1.97. The highest BCUT2D eigenvalue weighted by Crippen LogP contribution is 2.25. The number of nitrogens with zero attached hydrogens (tertiary/aromatic N) is 2. The van der Waals surface area contributed by atoms with Crippen molar-refractivity contribution in [3.63, 3.8) is 0 Å². The second kappa shape index (κ2) is 3.61. The first-order valence-corrected chi connectivity index (χ1v) is 4.19. The lowest BCUT2D eigenvalue weighted by Gasteiger charge is -2.04. The van der Waals surface area contributed by atoms with Crippen LogP contribution in [-0.4, -0.2) is 9.97 Å². The molecule has 0 radical (unpaired) electrons. The second-order valence-electron chi connectivity index (χ2n) is 2.96. The molecule has 15 heavy (non-hydrogen) atoms. The molecule has 0 saturated carbocycles. The van der Waals surface area contributed by atoms with Crippen molar-refractivity contribution in [2.24, 2.45) is 0 Å². The summed E-state index contributed by atoms with van der Waals surface area (Å²) < 4.78 is 26.6. The van der Waals surface area contributed by atoms with Crippen molar-refractivity contribution in [2.75, 3.05) is 5.73 Å². The van der Waals surface area contributed by atoms with Gasteiger partial charge >= 0.3 is 0 Å². The van der Waals surface area contributed by atoms with Crippen molar-refractivity contribution in [1.82, 2.24) is 9.97 Å². The molecular formula is C10H7F2N3. The topological polar surface area (TPSA) is 51.8 Å². The number of hydrogen-bond acceptors (Lipinski definition) is 3. The molecule has 2 rings (SSSR count). The van der Waals surface area contributed by atoms with E-state index in [9.17, 15) is 8.78 Å². The Labute approximate surface area is 84.6 Å². The van der Waals surface area contributed by atoms with Crippen LogP contribution in [0, 0.1) is 11.6 Å². The van der Waals surface area contributed by atoms with Crippen LogP contribution in [0.3, 0.4) is 0 Å². The van der Waals surface area contributed by atoms with E-state index in [2.05, 4.69) is 9.97 Å². The van der Waals surface area contributed by atoms with E-state index in [1.807, 2.05) is 0 Å². The van der Waals surface area contributed by atoms with Gasteiger partial charge in [0.05, 0.1) is 5.69 Å². The maximum absolute atomic E-state index is 13.4. The van der Waals surface area contributed by atoms with E-state index in [-0.39, 0.29) is 11.3 Å². The van der Waals surface area contributed by atoms with E-state index in [1.54, 1.807) is 0 Å². The van der Waals surface area contributed by atoms with Crippen LogP contribution >= 0.6 is 0 Å². The van der Waals surface area contributed by atoms with Crippen LogP contribution in [0.25, 0.3) is 11.1 Å². The number of aromatic nitrogens is 2. The first-order valence-electron chi connectivity index (χ1n) is 4.19. The van der Waals surface area contributed by atoms with Gasteiger partial charge in [-0.15, -0.1) is 0 Å². The number of rotatable bonds is 1. The molecule has 76 valence electrons. The number of anilines is 1. The lowest BCUT2D eigenvalue weighted by molar-refractivity contribution is 0.514. The SMILES string of the molecule is Nc1ccc(-c2cncnc2)c(F)c1F. The highest BCUT2D eigenvalue weighted by atomic mass is 19.2. The fourth-order valence-corrected chi connectivity index (χ4v) is 1.23. The van der Waals surface area contributed by atoms with Crippen molar-refractivity contribution < 1.29 is 8.78 Å². The lowest BCUT2D eigenvalue weighted by atomic mass is 10.1. The Kier molecular flexibility index (Phi) is 2.29. The molecule has 0 aliphatic rings. The molecule has 0 atom stereocenters. The van der Waals surface area contributed by atoms with Crippen LogP contribution in [0.4, 0.5) is 14.5 Å². The number of nitrogens with two attached hydrogens (primary N) is 1. The molecule has 0 saturated heterocycles. The molecule has 1 heterocycles. The van der Waals surface area contributed by atoms with E-state index in [0.717, 1.165) is 0 Å². The number of benzene rings is 1. The van der Waals surface area contributed by atoms with Gasteiger partial charge in [0.1, 0.15) is 6.33 Å². The van der Waals surface area contributed by atoms with E-state index in [4.69, 9.17) is 5.73 Å². The molecule has 0 fully saturated rings. The molecule has 0 unspecified atom stereocenters. The van der Waals surface area contributed by atoms with E-state index in [0.29, 0.717) is 5.56 Å². The Morgan fingerprint density at radius 1 is 1.00 bits per heavy atom. The van der Waals surface area contributed by atoms with Gasteiger partial charge in [-0.1, -0.05) is 0 Å². The predicted molar refractivity (Wildman–Crippen MR) is 51.8 cm³/mol. The Hall–Kier alpha value is -2.04. The molecule has 0 spiro atoms. The van der Waals surface area contributed by atoms with Gasteiger partial charge in [0.15, 0.2) is 11.6 Å². The van der Waals surface area contributed by atoms with Crippen LogP contribution in [0.15, 0.2) is 30.9 Å². The van der Waals surface area contributed by atoms with E-state index < -0.39 is 11.6 Å². The summed E-state index contributed by atoms with van der Waals surface area (Å²) in [5.74, 6) is -2.03. The maximum atomic E-state index is 13.4. The largest absolute Gasteiger partial charge is 0.396 e. The van der Waals surface area contributed by atoms with Crippen molar-refractivity contribution in [1.29, 1.82) is 0 Å². The van der Waals surface area contributed by atoms with E-state index >= 15 is 0 Å². The minimum Gasteiger partial charge on any atom is -0.396 e. The molecule has 2 N–H and O–H groups in total. The third-order valence-electron chi connectivity index (χ3n) is 1.98. The molecule has 5 heteroatoms. The molecule has 0 aliphatic carbocycles. The average molecular weight is 207 g/mol. The third kappa shape index (κ3) is 1.63. The second-order valence-corrected chi connectivity index (χ2v) is 2.96. The van der Waals surface area contributed by atoms with Crippen molar-refractivity contribution in [3.8, 4) is 11.1 Å². The Bertz CT molecular complexity index is 486. The summed E-state index contributed by atoms with van der Waals surface area (Å²) in [6.07, 6.45) is 4.12. The summed E-state index contributed by atoms with van der Waals surface area (Å²) in [5.41, 5.74) is 5.52. The Balaban J connectivity index is 2.60. The first kappa shape index (κ1) is 9.51. The number of nitrogen functional groups attached to an aromatic ring is 1. The van der Waals surface area contributed by atoms with Gasteiger partial charge in [-0.2, -0.15) is 0 Å². The minimum absolute atomic E-state index is 0.0994. The summed E-state index contributed by atoms with van der Waals surface area (Å²) in [4.78, 5) is 7.45. The monoisotopic (exact) mass is 207 g/mol. The van der Waals surface area contributed by atoms with Crippen LogP contribution < -0.4 is 5.73 Å². The molecule has 3 nitrogen and oxygen atoms in total. The van der Waals surface area contributed by atoms with Crippen molar-refractivity contribution in [2.45, 2.75) is 0 Å². The normalized spacial score (nSPS) is 10.3. The highest BCUT2D eigenvalue weighted by Gasteiger charge is 2.12. The Morgan fingerprint density at radius 3 is 2.33 bits per heavy atom. The zero-order valence-electron chi connectivity index (χ0n) is 7.61. The standard InChI is InChI=1S/C10H7F2N3/c11-9-7(1-2-8(13)10(9)12)6-3-14-5-15-4-6/h1-5H,13H2. The minimum atomic E-state index is -1.05. The zero-order valence-corrected chi connectivity index (χ0v) is 7.61. The zero-order chi connectivity index (χ0) is 10.8. The van der Waals surface area contributed by atoms with Crippen LogP contribution in [-0.2, 0) is 0 Å². The maximum Gasteiger partial charge on any atom is 0.182 e. The van der Waals surface area contributed by atoms with Gasteiger partial charge in [0.25, 0.3) is 0 Å². The van der Waals surface area contributed by atoms with E-state index in [1.165, 1.54) is 30.9 Å². The number of hydrogen-bond donors (Lipinski definition) is 1. The van der Waals surface area contributed by atoms with Gasteiger partial charge in [-0.3, -0.25) is 0 Å². The van der Waals surface area contributed by atoms with Gasteiger partial charge in [-0.25, -0.2) is 18.7 Å². The van der Waals surface area contributed by atoms with Crippen molar-refractivity contribution >= 4 is 5.69 Å². The van der Waals surface area contributed by atoms with Crippen LogP contribution in [0.2, 0.25) is 0 Å². The Morgan fingerprint density at radius 2 is 1.67 bits per heavy atom. The molecule has 2 aromatic rings. The fraction of sp³-hybridized carbons (Fsp3) is 0. The fourth-order valence-electron chi connectivity index (χ4n) is 1.23. The average Bonchev–Trinajstić information content (AvgIpc) is 2.27. The highest BCUT2D eigenvalue weighted by molar-refractivity contribution is 5.65. The summed E-state index contributed by atoms with van der Waals surface area (Å²) in [6.45, 7) is 0. The predicted octanol–water partition coefficient (Wildman–Crippen LogP) is 2.00. The molecule has 1 aromatic heterocycles. The van der Waals surface area contributed by atoms with Crippen LogP contribution in [0.1, 0.15) is 0 Å².